The van der Waals surface area contributed by atoms with E-state index < -0.39 is 0 Å². The molecule has 0 saturated heterocycles. The maximum atomic E-state index is 11.6. The number of halogens is 1. The number of carbonyl (C=O) groups excluding carboxylic acids is 1. The molecule has 1 heterocycles. The van der Waals surface area contributed by atoms with Gasteiger partial charge in [-0.15, -0.1) is 11.3 Å². The van der Waals surface area contributed by atoms with Gasteiger partial charge in [0.25, 0.3) is 0 Å². The van der Waals surface area contributed by atoms with Crippen LogP contribution in [0, 0.1) is 6.92 Å². The molecule has 0 N–H and O–H groups in total. The average Bonchev–Trinajstić information content (AvgIpc) is 3.08. The first-order valence-corrected chi connectivity index (χ1v) is 9.82. The maximum Gasteiger partial charge on any atom is 0.315 e. The standard InChI is InChI=1S/C19H17BrNO3S/c1-2-23-18(22)11-15-12-25-19(21-15)14-7-6-13-4-3-5-17(16(13)10-14)24-9-8-20/h3-7,10,12H,1-2,8-9,11H2/q+1. The predicted molar refractivity (Wildman–Crippen MR) is 104 cm³/mol. The molecule has 0 radical (unpaired) electrons. The SMILES string of the molecule is [CH2+]COC(=O)Cc1csc(-c2ccc3cccc(OCCBr)c3c2)n1. The molecule has 0 bridgehead atoms. The van der Waals surface area contributed by atoms with E-state index in [0.717, 1.165) is 32.4 Å². The molecule has 128 valence electrons. The first-order chi connectivity index (χ1) is 12.2. The van der Waals surface area contributed by atoms with E-state index in [1.165, 1.54) is 11.3 Å². The maximum absolute atomic E-state index is 11.6. The summed E-state index contributed by atoms with van der Waals surface area (Å²) < 4.78 is 10.7. The van der Waals surface area contributed by atoms with E-state index in [2.05, 4.69) is 46.0 Å². The first-order valence-electron chi connectivity index (χ1n) is 7.82. The number of ether oxygens (including phenoxy) is 2. The van der Waals surface area contributed by atoms with Crippen molar-refractivity contribution in [2.24, 2.45) is 0 Å². The Morgan fingerprint density at radius 1 is 1.28 bits per heavy atom. The van der Waals surface area contributed by atoms with Gasteiger partial charge in [0.2, 0.25) is 6.61 Å². The highest BCUT2D eigenvalue weighted by atomic mass is 79.9. The molecule has 2 aromatic carbocycles. The fourth-order valence-electron chi connectivity index (χ4n) is 2.48. The van der Waals surface area contributed by atoms with Gasteiger partial charge in [0.15, 0.2) is 0 Å². The molecule has 0 spiro atoms. The fraction of sp³-hybridized carbons (Fsp3) is 0.211. The van der Waals surface area contributed by atoms with Crippen LogP contribution in [-0.4, -0.2) is 29.5 Å². The Morgan fingerprint density at radius 2 is 2.16 bits per heavy atom. The van der Waals surface area contributed by atoms with Crippen LogP contribution in [0.5, 0.6) is 5.75 Å². The minimum absolute atomic E-state index is 0.137. The number of benzene rings is 2. The van der Waals surface area contributed by atoms with Gasteiger partial charge >= 0.3 is 5.97 Å². The zero-order valence-electron chi connectivity index (χ0n) is 13.5. The Kier molecular flexibility index (Phi) is 5.94. The summed E-state index contributed by atoms with van der Waals surface area (Å²) >= 11 is 4.89. The summed E-state index contributed by atoms with van der Waals surface area (Å²) in [5.74, 6) is 0.547. The summed E-state index contributed by atoms with van der Waals surface area (Å²) in [5, 5.41) is 5.70. The zero-order chi connectivity index (χ0) is 17.6. The molecule has 3 rings (SSSR count). The van der Waals surface area contributed by atoms with Crippen molar-refractivity contribution in [2.45, 2.75) is 6.42 Å². The van der Waals surface area contributed by atoms with Gasteiger partial charge in [0.05, 0.1) is 18.7 Å². The second kappa shape index (κ2) is 8.36. The molecule has 0 aliphatic rings. The van der Waals surface area contributed by atoms with Gasteiger partial charge in [0, 0.05) is 21.7 Å². The molecular weight excluding hydrogens is 402 g/mol. The zero-order valence-corrected chi connectivity index (χ0v) is 15.9. The predicted octanol–water partition coefficient (Wildman–Crippen LogP) is 4.66. The molecule has 6 heteroatoms. The van der Waals surface area contributed by atoms with E-state index in [0.29, 0.717) is 12.3 Å². The number of carbonyl (C=O) groups is 1. The molecule has 4 nitrogen and oxygen atoms in total. The van der Waals surface area contributed by atoms with Crippen molar-refractivity contribution < 1.29 is 14.3 Å². The molecule has 3 aromatic rings. The molecular formula is C19H17BrNO3S+. The highest BCUT2D eigenvalue weighted by Gasteiger charge is 2.11. The summed E-state index contributed by atoms with van der Waals surface area (Å²) in [6.45, 7) is 4.25. The van der Waals surface area contributed by atoms with Crippen LogP contribution in [0.1, 0.15) is 5.69 Å². The van der Waals surface area contributed by atoms with Crippen LogP contribution >= 0.6 is 27.3 Å². The second-order valence-electron chi connectivity index (χ2n) is 5.27. The van der Waals surface area contributed by atoms with Gasteiger partial charge in [-0.1, -0.05) is 40.2 Å². The van der Waals surface area contributed by atoms with Crippen LogP contribution in [0.4, 0.5) is 0 Å². The minimum Gasteiger partial charge on any atom is -0.492 e. The van der Waals surface area contributed by atoms with E-state index >= 15 is 0 Å². The summed E-state index contributed by atoms with van der Waals surface area (Å²) in [6, 6.07) is 12.2. The summed E-state index contributed by atoms with van der Waals surface area (Å²) in [5.41, 5.74) is 1.71. The Balaban J connectivity index is 1.88. The molecule has 0 atom stereocenters. The number of hydrogen-bond donors (Lipinski definition) is 0. The number of alkyl halides is 1. The number of nitrogens with zero attached hydrogens (tertiary/aromatic N) is 1. The molecule has 1 aromatic heterocycles. The monoisotopic (exact) mass is 418 g/mol. The van der Waals surface area contributed by atoms with Crippen LogP contribution < -0.4 is 4.74 Å². The third-order valence-electron chi connectivity index (χ3n) is 3.56. The lowest BCUT2D eigenvalue weighted by Gasteiger charge is -2.09. The molecule has 0 aliphatic heterocycles. The van der Waals surface area contributed by atoms with Crippen LogP contribution in [0.25, 0.3) is 21.3 Å². The largest absolute Gasteiger partial charge is 0.492 e. The smallest absolute Gasteiger partial charge is 0.315 e. The molecule has 0 aliphatic carbocycles. The van der Waals surface area contributed by atoms with Gasteiger partial charge in [-0.25, -0.2) is 4.98 Å². The van der Waals surface area contributed by atoms with E-state index in [1.807, 2.05) is 23.6 Å². The van der Waals surface area contributed by atoms with E-state index in [9.17, 15) is 4.79 Å². The van der Waals surface area contributed by atoms with Crippen molar-refractivity contribution in [1.29, 1.82) is 0 Å². The topological polar surface area (TPSA) is 48.4 Å². The Labute approximate surface area is 158 Å². The lowest BCUT2D eigenvalue weighted by Crippen LogP contribution is -2.07. The van der Waals surface area contributed by atoms with Gasteiger partial charge in [-0.3, -0.25) is 4.79 Å². The van der Waals surface area contributed by atoms with Gasteiger partial charge < -0.3 is 9.47 Å². The fourth-order valence-corrected chi connectivity index (χ4v) is 3.46. The van der Waals surface area contributed by atoms with Crippen molar-refractivity contribution in [2.75, 3.05) is 18.5 Å². The Bertz CT molecular complexity index is 878. The van der Waals surface area contributed by atoms with Crippen LogP contribution in [0.3, 0.4) is 0 Å². The molecule has 0 fully saturated rings. The molecule has 0 saturated carbocycles. The molecule has 0 unspecified atom stereocenters. The number of hydrogen-bond acceptors (Lipinski definition) is 5. The molecule has 0 amide bonds. The van der Waals surface area contributed by atoms with Crippen LogP contribution in [0.15, 0.2) is 41.8 Å². The third kappa shape index (κ3) is 4.32. The number of rotatable bonds is 7. The summed E-state index contributed by atoms with van der Waals surface area (Å²) in [4.78, 5) is 16.1. The quantitative estimate of drug-likeness (QED) is 0.318. The van der Waals surface area contributed by atoms with E-state index in [1.54, 1.807) is 0 Å². The number of fused-ring (bicyclic) bond motifs is 1. The van der Waals surface area contributed by atoms with E-state index in [4.69, 9.17) is 9.47 Å². The van der Waals surface area contributed by atoms with Crippen LogP contribution in [0.2, 0.25) is 0 Å². The number of aromatic nitrogens is 1. The van der Waals surface area contributed by atoms with Crippen molar-refractivity contribution >= 4 is 44.0 Å². The first kappa shape index (κ1) is 17.8. The second-order valence-corrected chi connectivity index (χ2v) is 6.92. The highest BCUT2D eigenvalue weighted by molar-refractivity contribution is 9.09. The highest BCUT2D eigenvalue weighted by Crippen LogP contribution is 2.32. The summed E-state index contributed by atoms with van der Waals surface area (Å²) in [6.07, 6.45) is 0.166. The van der Waals surface area contributed by atoms with Crippen molar-refractivity contribution in [1.82, 2.24) is 4.98 Å². The average molecular weight is 419 g/mol. The summed E-state index contributed by atoms with van der Waals surface area (Å²) in [7, 11) is 0. The number of esters is 1. The van der Waals surface area contributed by atoms with Gasteiger partial charge in [-0.05, 0) is 17.5 Å². The third-order valence-corrected chi connectivity index (χ3v) is 4.83. The Morgan fingerprint density at radius 3 is 2.96 bits per heavy atom. The van der Waals surface area contributed by atoms with Crippen LogP contribution in [-0.2, 0) is 16.0 Å². The van der Waals surface area contributed by atoms with Gasteiger partial charge in [-0.2, -0.15) is 0 Å². The van der Waals surface area contributed by atoms with Crippen molar-refractivity contribution in [3.8, 4) is 16.3 Å². The normalized spacial score (nSPS) is 10.8. The lowest BCUT2D eigenvalue weighted by molar-refractivity contribution is -0.141. The Hall–Kier alpha value is -2.05. The minimum atomic E-state index is -0.309. The molecule has 25 heavy (non-hydrogen) atoms. The number of thiazole rings is 1. The van der Waals surface area contributed by atoms with Crippen molar-refractivity contribution in [3.63, 3.8) is 0 Å². The van der Waals surface area contributed by atoms with Crippen molar-refractivity contribution in [3.05, 3.63) is 54.4 Å². The lowest BCUT2D eigenvalue weighted by atomic mass is 10.1. The van der Waals surface area contributed by atoms with E-state index in [-0.39, 0.29) is 19.0 Å². The van der Waals surface area contributed by atoms with Gasteiger partial charge in [0.1, 0.15) is 17.7 Å².